The van der Waals surface area contributed by atoms with E-state index in [1.54, 1.807) is 6.07 Å². The van der Waals surface area contributed by atoms with Crippen LogP contribution in [0.3, 0.4) is 0 Å². The minimum atomic E-state index is -0.977. The second-order valence-corrected chi connectivity index (χ2v) is 4.55. The van der Waals surface area contributed by atoms with Crippen LogP contribution < -0.4 is 0 Å². The lowest BCUT2D eigenvalue weighted by molar-refractivity contribution is -0.108. The predicted octanol–water partition coefficient (Wildman–Crippen LogP) is 4.17. The minimum absolute atomic E-state index is 0.183. The SMILES string of the molecule is CC(F)c1ccc(C(C)CC=O)cc1Br. The first-order chi connectivity index (χ1) is 7.06. The van der Waals surface area contributed by atoms with E-state index in [0.29, 0.717) is 12.0 Å². The lowest BCUT2D eigenvalue weighted by Gasteiger charge is -2.12. The Kier molecular flexibility index (Phi) is 4.45. The number of carbonyl (C=O) groups excluding carboxylic acids is 1. The summed E-state index contributed by atoms with van der Waals surface area (Å²) >= 11 is 3.34. The zero-order valence-electron chi connectivity index (χ0n) is 8.84. The molecule has 0 amide bonds. The molecule has 82 valence electrons. The summed E-state index contributed by atoms with van der Waals surface area (Å²) in [4.78, 5) is 10.4. The largest absolute Gasteiger partial charge is 0.303 e. The first kappa shape index (κ1) is 12.4. The van der Waals surface area contributed by atoms with Gasteiger partial charge >= 0.3 is 0 Å². The number of carbonyl (C=O) groups is 1. The van der Waals surface area contributed by atoms with Crippen molar-refractivity contribution in [3.8, 4) is 0 Å². The van der Waals surface area contributed by atoms with E-state index >= 15 is 0 Å². The van der Waals surface area contributed by atoms with Crippen molar-refractivity contribution in [2.24, 2.45) is 0 Å². The third-order valence-corrected chi connectivity index (χ3v) is 3.16. The van der Waals surface area contributed by atoms with Crippen LogP contribution in [0.1, 0.15) is 43.5 Å². The molecule has 1 aromatic carbocycles. The number of hydrogen-bond acceptors (Lipinski definition) is 1. The summed E-state index contributed by atoms with van der Waals surface area (Å²) in [7, 11) is 0. The Balaban J connectivity index is 2.95. The van der Waals surface area contributed by atoms with E-state index in [-0.39, 0.29) is 5.92 Å². The third-order valence-electron chi connectivity index (χ3n) is 2.47. The molecule has 0 saturated carbocycles. The van der Waals surface area contributed by atoms with Gasteiger partial charge in [0.2, 0.25) is 0 Å². The molecule has 0 radical (unpaired) electrons. The molecule has 0 aromatic heterocycles. The molecule has 0 saturated heterocycles. The van der Waals surface area contributed by atoms with E-state index in [2.05, 4.69) is 15.9 Å². The van der Waals surface area contributed by atoms with Crippen LogP contribution in [-0.2, 0) is 4.79 Å². The molecule has 0 aliphatic rings. The third kappa shape index (κ3) is 3.13. The van der Waals surface area contributed by atoms with Crippen LogP contribution in [0.15, 0.2) is 22.7 Å². The summed E-state index contributed by atoms with van der Waals surface area (Å²) in [5.74, 6) is 0.183. The van der Waals surface area contributed by atoms with Crippen molar-refractivity contribution in [1.82, 2.24) is 0 Å². The highest BCUT2D eigenvalue weighted by molar-refractivity contribution is 9.10. The topological polar surface area (TPSA) is 17.1 Å². The van der Waals surface area contributed by atoms with Crippen molar-refractivity contribution in [1.29, 1.82) is 0 Å². The number of hydrogen-bond donors (Lipinski definition) is 0. The molecule has 0 N–H and O–H groups in total. The van der Waals surface area contributed by atoms with E-state index in [9.17, 15) is 9.18 Å². The zero-order valence-corrected chi connectivity index (χ0v) is 10.4. The van der Waals surface area contributed by atoms with E-state index in [1.807, 2.05) is 19.1 Å². The first-order valence-electron chi connectivity index (χ1n) is 4.93. The van der Waals surface area contributed by atoms with Gasteiger partial charge in [0.15, 0.2) is 0 Å². The first-order valence-corrected chi connectivity index (χ1v) is 5.72. The Bertz CT molecular complexity index is 349. The van der Waals surface area contributed by atoms with Crippen LogP contribution in [0.25, 0.3) is 0 Å². The fraction of sp³-hybridized carbons (Fsp3) is 0.417. The molecular weight excluding hydrogens is 259 g/mol. The Hall–Kier alpha value is -0.700. The van der Waals surface area contributed by atoms with Crippen molar-refractivity contribution < 1.29 is 9.18 Å². The average molecular weight is 273 g/mol. The van der Waals surface area contributed by atoms with Gasteiger partial charge in [-0.05, 0) is 30.0 Å². The van der Waals surface area contributed by atoms with Crippen molar-refractivity contribution >= 4 is 22.2 Å². The number of aldehydes is 1. The molecule has 0 bridgehead atoms. The van der Waals surface area contributed by atoms with E-state index in [4.69, 9.17) is 0 Å². The van der Waals surface area contributed by atoms with Gasteiger partial charge in [-0.1, -0.05) is 35.0 Å². The highest BCUT2D eigenvalue weighted by atomic mass is 79.9. The van der Waals surface area contributed by atoms with Crippen LogP contribution in [0.5, 0.6) is 0 Å². The maximum atomic E-state index is 13.1. The Labute approximate surface area is 97.8 Å². The molecule has 3 heteroatoms. The fourth-order valence-electron chi connectivity index (χ4n) is 1.45. The molecule has 0 aliphatic carbocycles. The molecule has 1 rings (SSSR count). The molecule has 0 spiro atoms. The second kappa shape index (κ2) is 5.40. The molecule has 2 unspecified atom stereocenters. The van der Waals surface area contributed by atoms with Gasteiger partial charge in [0.25, 0.3) is 0 Å². The lowest BCUT2D eigenvalue weighted by atomic mass is 9.97. The van der Waals surface area contributed by atoms with Gasteiger partial charge in [-0.25, -0.2) is 4.39 Å². The van der Waals surface area contributed by atoms with Crippen molar-refractivity contribution in [3.05, 3.63) is 33.8 Å². The number of rotatable bonds is 4. The molecule has 1 aromatic rings. The lowest BCUT2D eigenvalue weighted by Crippen LogP contribution is -1.96. The predicted molar refractivity (Wildman–Crippen MR) is 62.8 cm³/mol. The maximum absolute atomic E-state index is 13.1. The van der Waals surface area contributed by atoms with Crippen LogP contribution in [0, 0.1) is 0 Å². The van der Waals surface area contributed by atoms with Gasteiger partial charge in [-0.3, -0.25) is 0 Å². The maximum Gasteiger partial charge on any atom is 0.123 e. The number of alkyl halides is 1. The normalized spacial score (nSPS) is 14.7. The molecule has 0 fully saturated rings. The van der Waals surface area contributed by atoms with Crippen molar-refractivity contribution in [2.75, 3.05) is 0 Å². The highest BCUT2D eigenvalue weighted by Gasteiger charge is 2.11. The number of benzene rings is 1. The zero-order chi connectivity index (χ0) is 11.4. The van der Waals surface area contributed by atoms with Crippen LogP contribution in [0.2, 0.25) is 0 Å². The summed E-state index contributed by atoms with van der Waals surface area (Å²) in [5, 5.41) is 0. The Morgan fingerprint density at radius 1 is 1.47 bits per heavy atom. The van der Waals surface area contributed by atoms with Crippen molar-refractivity contribution in [3.63, 3.8) is 0 Å². The minimum Gasteiger partial charge on any atom is -0.303 e. The quantitative estimate of drug-likeness (QED) is 0.752. The van der Waals surface area contributed by atoms with Gasteiger partial charge in [0.05, 0.1) is 0 Å². The number of halogens is 2. The Morgan fingerprint density at radius 3 is 2.60 bits per heavy atom. The molecule has 2 atom stereocenters. The summed E-state index contributed by atoms with van der Waals surface area (Å²) in [6.07, 6.45) is 0.427. The Morgan fingerprint density at radius 2 is 2.13 bits per heavy atom. The average Bonchev–Trinajstić information content (AvgIpc) is 2.17. The fourth-order valence-corrected chi connectivity index (χ4v) is 2.16. The monoisotopic (exact) mass is 272 g/mol. The highest BCUT2D eigenvalue weighted by Crippen LogP contribution is 2.29. The summed E-state index contributed by atoms with van der Waals surface area (Å²) in [6.45, 7) is 3.49. The van der Waals surface area contributed by atoms with Crippen LogP contribution >= 0.6 is 15.9 Å². The van der Waals surface area contributed by atoms with E-state index < -0.39 is 6.17 Å². The summed E-state index contributed by atoms with van der Waals surface area (Å²) in [5.41, 5.74) is 1.70. The van der Waals surface area contributed by atoms with Crippen LogP contribution in [-0.4, -0.2) is 6.29 Å². The summed E-state index contributed by atoms with van der Waals surface area (Å²) in [6, 6.07) is 5.54. The van der Waals surface area contributed by atoms with Gasteiger partial charge in [-0.15, -0.1) is 0 Å². The van der Waals surface area contributed by atoms with Gasteiger partial charge in [0.1, 0.15) is 12.5 Å². The summed E-state index contributed by atoms with van der Waals surface area (Å²) < 4.78 is 13.9. The van der Waals surface area contributed by atoms with E-state index in [1.165, 1.54) is 6.92 Å². The van der Waals surface area contributed by atoms with Gasteiger partial charge in [0, 0.05) is 10.9 Å². The van der Waals surface area contributed by atoms with Crippen molar-refractivity contribution in [2.45, 2.75) is 32.4 Å². The van der Waals surface area contributed by atoms with E-state index in [0.717, 1.165) is 16.3 Å². The molecular formula is C12H14BrFO. The van der Waals surface area contributed by atoms with Gasteiger partial charge < -0.3 is 4.79 Å². The molecule has 15 heavy (non-hydrogen) atoms. The molecule has 0 aliphatic heterocycles. The van der Waals surface area contributed by atoms with Gasteiger partial charge in [-0.2, -0.15) is 0 Å². The molecule has 0 heterocycles. The second-order valence-electron chi connectivity index (χ2n) is 3.70. The van der Waals surface area contributed by atoms with Crippen LogP contribution in [0.4, 0.5) is 4.39 Å². The smallest absolute Gasteiger partial charge is 0.123 e. The standard InChI is InChI=1S/C12H14BrFO/c1-8(5-6-15)10-3-4-11(9(2)14)12(13)7-10/h3-4,6-9H,5H2,1-2H3. The molecule has 1 nitrogen and oxygen atoms in total.